The van der Waals surface area contributed by atoms with Gasteiger partial charge in [-0.05, 0) is 30.7 Å². The molecule has 1 aromatic heterocycles. The average molecular weight is 286 g/mol. The lowest BCUT2D eigenvalue weighted by atomic mass is 9.98. The van der Waals surface area contributed by atoms with Gasteiger partial charge in [0.2, 0.25) is 0 Å². The first-order valence-corrected chi connectivity index (χ1v) is 7.16. The van der Waals surface area contributed by atoms with Crippen molar-refractivity contribution < 1.29 is 9.47 Å². The van der Waals surface area contributed by atoms with E-state index in [1.165, 1.54) is 0 Å². The third-order valence-electron chi connectivity index (χ3n) is 3.36. The number of ether oxygens (including phenoxy) is 2. The maximum Gasteiger partial charge on any atom is 0.165 e. The minimum atomic E-state index is 0.0312. The van der Waals surface area contributed by atoms with E-state index < -0.39 is 0 Å². The van der Waals surface area contributed by atoms with Gasteiger partial charge in [0.15, 0.2) is 11.5 Å². The Balaban J connectivity index is 2.46. The predicted molar refractivity (Wildman–Crippen MR) is 83.9 cm³/mol. The maximum atomic E-state index is 5.56. The summed E-state index contributed by atoms with van der Waals surface area (Å²) in [6.07, 6.45) is 4.72. The fourth-order valence-corrected chi connectivity index (χ4v) is 2.38. The topological polar surface area (TPSA) is 43.4 Å². The first-order valence-electron chi connectivity index (χ1n) is 7.16. The van der Waals surface area contributed by atoms with Gasteiger partial charge in [0.1, 0.15) is 0 Å². The second kappa shape index (κ2) is 7.64. The van der Waals surface area contributed by atoms with Crippen LogP contribution in [0.1, 0.15) is 30.5 Å². The lowest BCUT2D eigenvalue weighted by molar-refractivity contribution is 0.348. The van der Waals surface area contributed by atoms with E-state index in [-0.39, 0.29) is 6.04 Å². The zero-order chi connectivity index (χ0) is 15.1. The summed E-state index contributed by atoms with van der Waals surface area (Å²) in [4.78, 5) is 4.23. The van der Waals surface area contributed by atoms with Crippen LogP contribution >= 0.6 is 0 Å². The normalized spacial score (nSPS) is 12.0. The van der Waals surface area contributed by atoms with Crippen LogP contribution in [0.2, 0.25) is 0 Å². The smallest absolute Gasteiger partial charge is 0.165 e. The van der Waals surface area contributed by atoms with Crippen molar-refractivity contribution >= 4 is 0 Å². The standard InChI is InChI=1S/C17H22N2O2/c1-4-10-19-16(13-7-6-11-18-12-13)14-8-5-9-15(20-2)17(14)21-3/h5-9,11-12,16,19H,4,10H2,1-3H3. The summed E-state index contributed by atoms with van der Waals surface area (Å²) in [5, 5.41) is 3.55. The molecular weight excluding hydrogens is 264 g/mol. The van der Waals surface area contributed by atoms with Gasteiger partial charge in [-0.2, -0.15) is 0 Å². The minimum absolute atomic E-state index is 0.0312. The number of hydrogen-bond acceptors (Lipinski definition) is 4. The Morgan fingerprint density at radius 1 is 1.14 bits per heavy atom. The molecule has 1 N–H and O–H groups in total. The van der Waals surface area contributed by atoms with Crippen molar-refractivity contribution in [1.82, 2.24) is 10.3 Å². The molecule has 1 aromatic carbocycles. The highest BCUT2D eigenvalue weighted by Crippen LogP contribution is 2.36. The van der Waals surface area contributed by atoms with Crippen LogP contribution < -0.4 is 14.8 Å². The molecule has 0 aliphatic carbocycles. The molecule has 0 amide bonds. The molecule has 0 saturated heterocycles. The van der Waals surface area contributed by atoms with Gasteiger partial charge in [-0.25, -0.2) is 0 Å². The number of nitrogens with zero attached hydrogens (tertiary/aromatic N) is 1. The molecule has 4 heteroatoms. The second-order valence-electron chi connectivity index (χ2n) is 4.76. The first-order chi connectivity index (χ1) is 10.3. The molecule has 0 fully saturated rings. The average Bonchev–Trinajstić information content (AvgIpc) is 2.55. The summed E-state index contributed by atoms with van der Waals surface area (Å²) >= 11 is 0. The quantitative estimate of drug-likeness (QED) is 0.849. The summed E-state index contributed by atoms with van der Waals surface area (Å²) in [7, 11) is 3.32. The molecule has 2 rings (SSSR count). The SMILES string of the molecule is CCCNC(c1cccnc1)c1cccc(OC)c1OC. The van der Waals surface area contributed by atoms with Crippen LogP contribution in [0.4, 0.5) is 0 Å². The molecule has 4 nitrogen and oxygen atoms in total. The van der Waals surface area contributed by atoms with Gasteiger partial charge in [-0.1, -0.05) is 25.1 Å². The van der Waals surface area contributed by atoms with Crippen molar-refractivity contribution in [2.75, 3.05) is 20.8 Å². The van der Waals surface area contributed by atoms with E-state index in [4.69, 9.17) is 9.47 Å². The largest absolute Gasteiger partial charge is 0.493 e. The van der Waals surface area contributed by atoms with Gasteiger partial charge in [0, 0.05) is 18.0 Å². The van der Waals surface area contributed by atoms with Crippen LogP contribution in [0.3, 0.4) is 0 Å². The number of benzene rings is 1. The van der Waals surface area contributed by atoms with E-state index in [0.717, 1.165) is 35.6 Å². The van der Waals surface area contributed by atoms with Crippen LogP contribution in [0, 0.1) is 0 Å². The van der Waals surface area contributed by atoms with Crippen molar-refractivity contribution in [3.63, 3.8) is 0 Å². The highest BCUT2D eigenvalue weighted by molar-refractivity contribution is 5.50. The van der Waals surface area contributed by atoms with Crippen molar-refractivity contribution in [2.24, 2.45) is 0 Å². The van der Waals surface area contributed by atoms with Gasteiger partial charge in [0.25, 0.3) is 0 Å². The van der Waals surface area contributed by atoms with E-state index in [0.29, 0.717) is 0 Å². The maximum absolute atomic E-state index is 5.56. The molecule has 2 aromatic rings. The Morgan fingerprint density at radius 2 is 2.00 bits per heavy atom. The molecule has 0 radical (unpaired) electrons. The molecule has 0 bridgehead atoms. The Morgan fingerprint density at radius 3 is 2.62 bits per heavy atom. The van der Waals surface area contributed by atoms with E-state index in [1.807, 2.05) is 24.4 Å². The van der Waals surface area contributed by atoms with Gasteiger partial charge < -0.3 is 14.8 Å². The molecular formula is C17H22N2O2. The number of aromatic nitrogens is 1. The van der Waals surface area contributed by atoms with E-state index in [9.17, 15) is 0 Å². The third kappa shape index (κ3) is 3.52. The Hall–Kier alpha value is -2.07. The lowest BCUT2D eigenvalue weighted by Crippen LogP contribution is -2.24. The van der Waals surface area contributed by atoms with Crippen molar-refractivity contribution in [1.29, 1.82) is 0 Å². The van der Waals surface area contributed by atoms with Gasteiger partial charge >= 0.3 is 0 Å². The zero-order valence-corrected chi connectivity index (χ0v) is 12.8. The summed E-state index contributed by atoms with van der Waals surface area (Å²) in [5.74, 6) is 1.50. The molecule has 0 aliphatic heterocycles. The van der Waals surface area contributed by atoms with Crippen LogP contribution in [0.15, 0.2) is 42.7 Å². The van der Waals surface area contributed by atoms with Crippen molar-refractivity contribution in [3.8, 4) is 11.5 Å². The fraction of sp³-hybridized carbons (Fsp3) is 0.353. The van der Waals surface area contributed by atoms with Crippen molar-refractivity contribution in [2.45, 2.75) is 19.4 Å². The lowest BCUT2D eigenvalue weighted by Gasteiger charge is -2.22. The molecule has 112 valence electrons. The summed E-state index contributed by atoms with van der Waals surface area (Å²) in [6.45, 7) is 3.07. The van der Waals surface area contributed by atoms with Crippen LogP contribution in [-0.2, 0) is 0 Å². The highest BCUT2D eigenvalue weighted by Gasteiger charge is 2.20. The summed E-state index contributed by atoms with van der Waals surface area (Å²) in [6, 6.07) is 9.99. The number of nitrogens with one attached hydrogen (secondary N) is 1. The fourth-order valence-electron chi connectivity index (χ4n) is 2.38. The zero-order valence-electron chi connectivity index (χ0n) is 12.8. The van der Waals surface area contributed by atoms with E-state index >= 15 is 0 Å². The first kappa shape index (κ1) is 15.3. The molecule has 0 aliphatic rings. The second-order valence-corrected chi connectivity index (χ2v) is 4.76. The Kier molecular flexibility index (Phi) is 5.58. The molecule has 1 atom stereocenters. The number of hydrogen-bond donors (Lipinski definition) is 1. The van der Waals surface area contributed by atoms with Crippen LogP contribution in [0.25, 0.3) is 0 Å². The van der Waals surface area contributed by atoms with Crippen molar-refractivity contribution in [3.05, 3.63) is 53.9 Å². The Labute approximate surface area is 126 Å². The number of pyridine rings is 1. The third-order valence-corrected chi connectivity index (χ3v) is 3.36. The molecule has 21 heavy (non-hydrogen) atoms. The van der Waals surface area contributed by atoms with Gasteiger partial charge in [-0.15, -0.1) is 0 Å². The number of para-hydroxylation sites is 1. The molecule has 1 unspecified atom stereocenters. The van der Waals surface area contributed by atoms with E-state index in [2.05, 4.69) is 29.4 Å². The van der Waals surface area contributed by atoms with Crippen LogP contribution in [-0.4, -0.2) is 25.7 Å². The van der Waals surface area contributed by atoms with Gasteiger partial charge in [-0.3, -0.25) is 4.98 Å². The highest BCUT2D eigenvalue weighted by atomic mass is 16.5. The predicted octanol–water partition coefficient (Wildman–Crippen LogP) is 3.19. The Bertz CT molecular complexity index is 558. The number of rotatable bonds is 7. The molecule has 1 heterocycles. The summed E-state index contributed by atoms with van der Waals surface area (Å²) in [5.41, 5.74) is 2.16. The van der Waals surface area contributed by atoms with E-state index in [1.54, 1.807) is 20.4 Å². The monoisotopic (exact) mass is 286 g/mol. The van der Waals surface area contributed by atoms with Gasteiger partial charge in [0.05, 0.1) is 20.3 Å². The minimum Gasteiger partial charge on any atom is -0.493 e. The number of methoxy groups -OCH3 is 2. The molecule has 0 spiro atoms. The molecule has 0 saturated carbocycles. The summed E-state index contributed by atoms with van der Waals surface area (Å²) < 4.78 is 11.0. The van der Waals surface area contributed by atoms with Crippen LogP contribution in [0.5, 0.6) is 11.5 Å².